The molecule has 2 atom stereocenters. The Hall–Kier alpha value is -1.06. The molecule has 0 aromatic heterocycles. The Morgan fingerprint density at radius 3 is 2.89 bits per heavy atom. The molecular formula is C15H24N2O. The van der Waals surface area contributed by atoms with Crippen molar-refractivity contribution in [2.75, 3.05) is 27.2 Å². The van der Waals surface area contributed by atoms with Crippen LogP contribution in [0.5, 0.6) is 5.75 Å². The van der Waals surface area contributed by atoms with Crippen LogP contribution < -0.4 is 10.1 Å². The van der Waals surface area contributed by atoms with Crippen LogP contribution >= 0.6 is 0 Å². The Morgan fingerprint density at radius 1 is 1.39 bits per heavy atom. The summed E-state index contributed by atoms with van der Waals surface area (Å²) >= 11 is 0. The van der Waals surface area contributed by atoms with Crippen molar-refractivity contribution in [2.24, 2.45) is 0 Å². The molecule has 2 unspecified atom stereocenters. The molecular weight excluding hydrogens is 224 g/mol. The lowest BCUT2D eigenvalue weighted by Gasteiger charge is -2.38. The molecule has 1 aromatic rings. The summed E-state index contributed by atoms with van der Waals surface area (Å²) < 4.78 is 5.89. The Balaban J connectivity index is 2.14. The molecule has 0 spiro atoms. The zero-order valence-electron chi connectivity index (χ0n) is 11.6. The van der Waals surface area contributed by atoms with Crippen molar-refractivity contribution in [3.63, 3.8) is 0 Å². The van der Waals surface area contributed by atoms with E-state index in [1.165, 1.54) is 18.4 Å². The molecule has 2 rings (SSSR count). The molecule has 100 valence electrons. The minimum Gasteiger partial charge on any atom is -0.492 e. The second-order valence-electron chi connectivity index (χ2n) is 5.02. The minimum absolute atomic E-state index is 0.358. The number of nitrogens with zero attached hydrogens (tertiary/aromatic N) is 1. The normalized spacial score (nSPS) is 22.7. The van der Waals surface area contributed by atoms with E-state index in [1.54, 1.807) is 0 Å². The Bertz CT molecular complexity index is 381. The lowest BCUT2D eigenvalue weighted by molar-refractivity contribution is 0.108. The van der Waals surface area contributed by atoms with Gasteiger partial charge in [-0.25, -0.2) is 0 Å². The van der Waals surface area contributed by atoms with Crippen molar-refractivity contribution in [1.82, 2.24) is 10.2 Å². The average molecular weight is 248 g/mol. The molecule has 1 N–H and O–H groups in total. The molecule has 3 heteroatoms. The monoisotopic (exact) mass is 248 g/mol. The number of rotatable bonds is 5. The highest BCUT2D eigenvalue weighted by Gasteiger charge is 2.31. The van der Waals surface area contributed by atoms with Crippen molar-refractivity contribution in [3.05, 3.63) is 29.8 Å². The molecule has 0 radical (unpaired) electrons. The van der Waals surface area contributed by atoms with E-state index in [-0.39, 0.29) is 0 Å². The van der Waals surface area contributed by atoms with Gasteiger partial charge in [-0.3, -0.25) is 4.90 Å². The number of para-hydroxylation sites is 1. The smallest absolute Gasteiger partial charge is 0.124 e. The summed E-state index contributed by atoms with van der Waals surface area (Å²) in [6.45, 7) is 4.13. The summed E-state index contributed by atoms with van der Waals surface area (Å²) in [6, 6.07) is 9.11. The summed E-state index contributed by atoms with van der Waals surface area (Å²) in [7, 11) is 4.23. The van der Waals surface area contributed by atoms with Crippen molar-refractivity contribution in [2.45, 2.75) is 31.8 Å². The summed E-state index contributed by atoms with van der Waals surface area (Å²) in [5.74, 6) is 1.02. The fourth-order valence-electron chi connectivity index (χ4n) is 2.65. The molecule has 1 aliphatic rings. The van der Waals surface area contributed by atoms with E-state index < -0.39 is 0 Å². The first-order chi connectivity index (χ1) is 8.77. The summed E-state index contributed by atoms with van der Waals surface area (Å²) in [5.41, 5.74) is 1.28. The first-order valence-electron chi connectivity index (χ1n) is 6.87. The number of fused-ring (bicyclic) bond motifs is 1. The molecule has 18 heavy (non-hydrogen) atoms. The molecule has 0 fully saturated rings. The Morgan fingerprint density at radius 2 is 2.17 bits per heavy atom. The maximum absolute atomic E-state index is 5.89. The second kappa shape index (κ2) is 6.21. The van der Waals surface area contributed by atoms with Crippen molar-refractivity contribution in [1.29, 1.82) is 0 Å². The molecule has 0 aliphatic carbocycles. The van der Waals surface area contributed by atoms with Gasteiger partial charge in [0.25, 0.3) is 0 Å². The summed E-state index contributed by atoms with van der Waals surface area (Å²) in [4.78, 5) is 2.42. The average Bonchev–Trinajstić information content (AvgIpc) is 2.43. The van der Waals surface area contributed by atoms with Gasteiger partial charge in [0.2, 0.25) is 0 Å². The van der Waals surface area contributed by atoms with E-state index in [1.807, 2.05) is 13.1 Å². The number of likely N-dealkylation sites (N-methyl/N-ethyl adjacent to an activating group) is 2. The van der Waals surface area contributed by atoms with Crippen LogP contribution in [0.1, 0.15) is 31.4 Å². The van der Waals surface area contributed by atoms with Crippen LogP contribution in [0.4, 0.5) is 0 Å². The number of hydrogen-bond donors (Lipinski definition) is 1. The van der Waals surface area contributed by atoms with Crippen LogP contribution in [-0.2, 0) is 0 Å². The molecule has 1 aliphatic heterocycles. The van der Waals surface area contributed by atoms with E-state index in [0.29, 0.717) is 12.1 Å². The standard InChI is InChI=1S/C15H24N2O/c1-4-5-10-17(3)13-11-18-14-9-7-6-8-12(14)15(13)16-2/h6-9,13,15-16H,4-5,10-11H2,1-3H3. The predicted molar refractivity (Wildman–Crippen MR) is 75.1 cm³/mol. The van der Waals surface area contributed by atoms with Gasteiger partial charge in [-0.15, -0.1) is 0 Å². The van der Waals surface area contributed by atoms with Gasteiger partial charge in [0.15, 0.2) is 0 Å². The third-order valence-corrected chi connectivity index (χ3v) is 3.79. The van der Waals surface area contributed by atoms with E-state index in [2.05, 4.69) is 42.4 Å². The van der Waals surface area contributed by atoms with Gasteiger partial charge >= 0.3 is 0 Å². The van der Waals surface area contributed by atoms with Gasteiger partial charge in [0, 0.05) is 5.56 Å². The molecule has 0 bridgehead atoms. The van der Waals surface area contributed by atoms with E-state index in [4.69, 9.17) is 4.74 Å². The molecule has 0 saturated carbocycles. The first kappa shape index (κ1) is 13.4. The zero-order valence-corrected chi connectivity index (χ0v) is 11.6. The lowest BCUT2D eigenvalue weighted by Crippen LogP contribution is -2.48. The minimum atomic E-state index is 0.358. The fourth-order valence-corrected chi connectivity index (χ4v) is 2.65. The SMILES string of the molecule is CCCCN(C)C1COc2ccccc2C1NC. The summed E-state index contributed by atoms with van der Waals surface area (Å²) in [5, 5.41) is 3.45. The molecule has 0 amide bonds. The van der Waals surface area contributed by atoms with Crippen LogP contribution in [0.3, 0.4) is 0 Å². The number of unbranched alkanes of at least 4 members (excludes halogenated alkanes) is 1. The fraction of sp³-hybridized carbons (Fsp3) is 0.600. The topological polar surface area (TPSA) is 24.5 Å². The van der Waals surface area contributed by atoms with Crippen molar-refractivity contribution < 1.29 is 4.74 Å². The molecule has 1 heterocycles. The summed E-state index contributed by atoms with van der Waals surface area (Å²) in [6.07, 6.45) is 2.48. The van der Waals surface area contributed by atoms with Gasteiger partial charge < -0.3 is 10.1 Å². The van der Waals surface area contributed by atoms with E-state index in [0.717, 1.165) is 18.9 Å². The number of nitrogens with one attached hydrogen (secondary N) is 1. The van der Waals surface area contributed by atoms with E-state index >= 15 is 0 Å². The molecule has 3 nitrogen and oxygen atoms in total. The lowest BCUT2D eigenvalue weighted by atomic mass is 9.95. The van der Waals surface area contributed by atoms with Gasteiger partial charge in [-0.05, 0) is 33.1 Å². The first-order valence-corrected chi connectivity index (χ1v) is 6.87. The van der Waals surface area contributed by atoms with Crippen LogP contribution in [0.15, 0.2) is 24.3 Å². The third-order valence-electron chi connectivity index (χ3n) is 3.79. The Labute approximate surface area is 110 Å². The zero-order chi connectivity index (χ0) is 13.0. The predicted octanol–water partition coefficient (Wildman–Crippen LogP) is 2.44. The maximum atomic E-state index is 5.89. The van der Waals surface area contributed by atoms with Crippen molar-refractivity contribution >= 4 is 0 Å². The van der Waals surface area contributed by atoms with Gasteiger partial charge in [0.1, 0.15) is 12.4 Å². The largest absolute Gasteiger partial charge is 0.492 e. The second-order valence-corrected chi connectivity index (χ2v) is 5.02. The quantitative estimate of drug-likeness (QED) is 0.866. The van der Waals surface area contributed by atoms with Crippen LogP contribution in [-0.4, -0.2) is 38.2 Å². The molecule has 0 saturated heterocycles. The Kier molecular flexibility index (Phi) is 4.61. The highest BCUT2D eigenvalue weighted by molar-refractivity contribution is 5.38. The number of ether oxygens (including phenoxy) is 1. The van der Waals surface area contributed by atoms with Gasteiger partial charge in [0.05, 0.1) is 12.1 Å². The third kappa shape index (κ3) is 2.68. The highest BCUT2D eigenvalue weighted by atomic mass is 16.5. The van der Waals surface area contributed by atoms with Gasteiger partial charge in [-0.1, -0.05) is 31.5 Å². The number of hydrogen-bond acceptors (Lipinski definition) is 3. The highest BCUT2D eigenvalue weighted by Crippen LogP contribution is 2.33. The maximum Gasteiger partial charge on any atom is 0.124 e. The van der Waals surface area contributed by atoms with Gasteiger partial charge in [-0.2, -0.15) is 0 Å². The van der Waals surface area contributed by atoms with E-state index in [9.17, 15) is 0 Å². The van der Waals surface area contributed by atoms with Crippen LogP contribution in [0.25, 0.3) is 0 Å². The van der Waals surface area contributed by atoms with Crippen molar-refractivity contribution in [3.8, 4) is 5.75 Å². The van der Waals surface area contributed by atoms with Crippen LogP contribution in [0, 0.1) is 0 Å². The van der Waals surface area contributed by atoms with Crippen LogP contribution in [0.2, 0.25) is 0 Å². The molecule has 1 aromatic carbocycles. The number of benzene rings is 1.